The van der Waals surface area contributed by atoms with Crippen molar-refractivity contribution >= 4 is 0 Å². The molecule has 0 bridgehead atoms. The number of para-hydroxylation sites is 1. The maximum absolute atomic E-state index is 5.96. The molecule has 0 aliphatic heterocycles. The molecular formula is C19H25NO2. The average Bonchev–Trinajstić information content (AvgIpc) is 2.58. The molecule has 0 spiro atoms. The van der Waals surface area contributed by atoms with Crippen LogP contribution in [0.2, 0.25) is 0 Å². The lowest BCUT2D eigenvalue weighted by atomic mass is 10.2. The van der Waals surface area contributed by atoms with Gasteiger partial charge in [-0.3, -0.25) is 0 Å². The van der Waals surface area contributed by atoms with Gasteiger partial charge in [0.2, 0.25) is 0 Å². The molecular weight excluding hydrogens is 274 g/mol. The van der Waals surface area contributed by atoms with Gasteiger partial charge in [0.1, 0.15) is 5.75 Å². The molecule has 0 heterocycles. The fourth-order valence-electron chi connectivity index (χ4n) is 2.22. The minimum absolute atomic E-state index is 0.222. The molecule has 22 heavy (non-hydrogen) atoms. The van der Waals surface area contributed by atoms with Gasteiger partial charge in [0, 0.05) is 6.42 Å². The second-order valence-corrected chi connectivity index (χ2v) is 5.30. The van der Waals surface area contributed by atoms with Gasteiger partial charge in [0.05, 0.1) is 6.61 Å². The average molecular weight is 299 g/mol. The number of rotatable bonds is 10. The minimum Gasteiger partial charge on any atom is -0.465 e. The Labute approximate surface area is 133 Å². The first-order valence-electron chi connectivity index (χ1n) is 7.96. The number of hydrogen-bond acceptors (Lipinski definition) is 3. The van der Waals surface area contributed by atoms with Crippen molar-refractivity contribution in [3.8, 4) is 5.75 Å². The fraction of sp³-hybridized carbons (Fsp3) is 0.368. The molecule has 1 unspecified atom stereocenters. The predicted octanol–water partition coefficient (Wildman–Crippen LogP) is 4.13. The molecule has 2 aromatic rings. The highest BCUT2D eigenvalue weighted by molar-refractivity contribution is 5.21. The number of hydrogen-bond donors (Lipinski definition) is 1. The van der Waals surface area contributed by atoms with Crippen molar-refractivity contribution in [2.24, 2.45) is 5.73 Å². The third-order valence-corrected chi connectivity index (χ3v) is 3.43. The molecule has 1 atom stereocenters. The Bertz CT molecular complexity index is 501. The van der Waals surface area contributed by atoms with Crippen molar-refractivity contribution < 1.29 is 9.47 Å². The van der Waals surface area contributed by atoms with Crippen LogP contribution in [0.5, 0.6) is 5.75 Å². The molecule has 118 valence electrons. The van der Waals surface area contributed by atoms with Crippen LogP contribution >= 0.6 is 0 Å². The van der Waals surface area contributed by atoms with Crippen LogP contribution in [-0.2, 0) is 11.3 Å². The second kappa shape index (κ2) is 9.98. The minimum atomic E-state index is -0.222. The van der Waals surface area contributed by atoms with Crippen LogP contribution in [0.15, 0.2) is 60.7 Å². The van der Waals surface area contributed by atoms with E-state index in [0.717, 1.165) is 43.5 Å². The summed E-state index contributed by atoms with van der Waals surface area (Å²) in [7, 11) is 0. The van der Waals surface area contributed by atoms with Crippen LogP contribution in [0.3, 0.4) is 0 Å². The predicted molar refractivity (Wildman–Crippen MR) is 89.6 cm³/mol. The van der Waals surface area contributed by atoms with E-state index in [1.807, 2.05) is 48.5 Å². The van der Waals surface area contributed by atoms with Gasteiger partial charge in [-0.15, -0.1) is 0 Å². The van der Waals surface area contributed by atoms with Gasteiger partial charge in [0.25, 0.3) is 0 Å². The molecule has 0 fully saturated rings. The fourth-order valence-corrected chi connectivity index (χ4v) is 2.22. The lowest BCUT2D eigenvalue weighted by Gasteiger charge is -2.20. The molecule has 0 aromatic heterocycles. The Hall–Kier alpha value is -1.84. The summed E-state index contributed by atoms with van der Waals surface area (Å²) in [6, 6.07) is 20.0. The van der Waals surface area contributed by atoms with E-state index in [-0.39, 0.29) is 6.29 Å². The Kier molecular flexibility index (Phi) is 7.50. The van der Waals surface area contributed by atoms with Crippen molar-refractivity contribution in [2.45, 2.75) is 38.6 Å². The molecule has 0 saturated carbocycles. The summed E-state index contributed by atoms with van der Waals surface area (Å²) >= 11 is 0. The van der Waals surface area contributed by atoms with Crippen LogP contribution in [0, 0.1) is 0 Å². The van der Waals surface area contributed by atoms with Gasteiger partial charge >= 0.3 is 0 Å². The zero-order valence-electron chi connectivity index (χ0n) is 13.0. The van der Waals surface area contributed by atoms with E-state index in [0.29, 0.717) is 6.61 Å². The summed E-state index contributed by atoms with van der Waals surface area (Å²) in [5.41, 5.74) is 6.70. The highest BCUT2D eigenvalue weighted by Gasteiger charge is 2.11. The van der Waals surface area contributed by atoms with Crippen LogP contribution < -0.4 is 10.5 Å². The van der Waals surface area contributed by atoms with E-state index in [1.165, 1.54) is 0 Å². The highest BCUT2D eigenvalue weighted by atomic mass is 16.7. The zero-order valence-corrected chi connectivity index (χ0v) is 13.0. The van der Waals surface area contributed by atoms with E-state index in [4.69, 9.17) is 15.2 Å². The molecule has 2 rings (SSSR count). The van der Waals surface area contributed by atoms with E-state index >= 15 is 0 Å². The molecule has 0 radical (unpaired) electrons. The molecule has 2 N–H and O–H groups in total. The summed E-state index contributed by atoms with van der Waals surface area (Å²) in [4.78, 5) is 0. The molecule has 0 amide bonds. The topological polar surface area (TPSA) is 44.5 Å². The summed E-state index contributed by atoms with van der Waals surface area (Å²) < 4.78 is 11.9. The van der Waals surface area contributed by atoms with Gasteiger partial charge < -0.3 is 15.2 Å². The summed E-state index contributed by atoms with van der Waals surface area (Å²) in [5.74, 6) is 0.847. The quantitative estimate of drug-likeness (QED) is 0.530. The lowest BCUT2D eigenvalue weighted by molar-refractivity contribution is -0.0944. The number of benzene rings is 2. The van der Waals surface area contributed by atoms with E-state index < -0.39 is 0 Å². The highest BCUT2D eigenvalue weighted by Crippen LogP contribution is 2.17. The molecule has 2 aromatic carbocycles. The van der Waals surface area contributed by atoms with Crippen LogP contribution in [-0.4, -0.2) is 12.8 Å². The Morgan fingerprint density at radius 2 is 1.50 bits per heavy atom. The maximum atomic E-state index is 5.96. The standard InChI is InChI=1S/C19H25NO2/c20-15-9-3-8-14-19(22-18-12-6-2-7-13-18)21-16-17-10-4-1-5-11-17/h1-2,4-7,10-13,19H,3,8-9,14-16,20H2. The Morgan fingerprint density at radius 3 is 2.18 bits per heavy atom. The van der Waals surface area contributed by atoms with Gasteiger partial charge in [-0.25, -0.2) is 0 Å². The third-order valence-electron chi connectivity index (χ3n) is 3.43. The van der Waals surface area contributed by atoms with Gasteiger partial charge in [-0.05, 0) is 37.1 Å². The normalized spacial score (nSPS) is 12.0. The molecule has 3 heteroatoms. The monoisotopic (exact) mass is 299 g/mol. The van der Waals surface area contributed by atoms with Crippen molar-refractivity contribution in [1.82, 2.24) is 0 Å². The summed E-state index contributed by atoms with van der Waals surface area (Å²) in [5, 5.41) is 0. The van der Waals surface area contributed by atoms with Crippen LogP contribution in [0.4, 0.5) is 0 Å². The molecule has 3 nitrogen and oxygen atoms in total. The Morgan fingerprint density at radius 1 is 0.818 bits per heavy atom. The zero-order chi connectivity index (χ0) is 15.5. The van der Waals surface area contributed by atoms with Crippen LogP contribution in [0.25, 0.3) is 0 Å². The third kappa shape index (κ3) is 6.29. The van der Waals surface area contributed by atoms with Gasteiger partial charge in [-0.1, -0.05) is 55.0 Å². The van der Waals surface area contributed by atoms with Crippen molar-refractivity contribution in [3.05, 3.63) is 66.2 Å². The second-order valence-electron chi connectivity index (χ2n) is 5.30. The smallest absolute Gasteiger partial charge is 0.200 e. The lowest BCUT2D eigenvalue weighted by Crippen LogP contribution is -2.20. The van der Waals surface area contributed by atoms with E-state index in [2.05, 4.69) is 12.1 Å². The number of ether oxygens (including phenoxy) is 2. The number of unbranched alkanes of at least 4 members (excludes halogenated alkanes) is 2. The van der Waals surface area contributed by atoms with E-state index in [1.54, 1.807) is 0 Å². The first kappa shape index (κ1) is 16.5. The van der Waals surface area contributed by atoms with E-state index in [9.17, 15) is 0 Å². The van der Waals surface area contributed by atoms with Gasteiger partial charge in [0.15, 0.2) is 6.29 Å². The van der Waals surface area contributed by atoms with Crippen molar-refractivity contribution in [2.75, 3.05) is 6.54 Å². The Balaban J connectivity index is 1.86. The van der Waals surface area contributed by atoms with Crippen LogP contribution in [0.1, 0.15) is 31.2 Å². The largest absolute Gasteiger partial charge is 0.465 e. The first-order chi connectivity index (χ1) is 10.9. The summed E-state index contributed by atoms with van der Waals surface area (Å²) in [6.45, 7) is 1.31. The maximum Gasteiger partial charge on any atom is 0.200 e. The van der Waals surface area contributed by atoms with Crippen molar-refractivity contribution in [1.29, 1.82) is 0 Å². The number of nitrogens with two attached hydrogens (primary N) is 1. The molecule has 0 aliphatic carbocycles. The van der Waals surface area contributed by atoms with Crippen molar-refractivity contribution in [3.63, 3.8) is 0 Å². The SMILES string of the molecule is NCCCCCC(OCc1ccccc1)Oc1ccccc1. The molecule has 0 aliphatic rings. The summed E-state index contributed by atoms with van der Waals surface area (Å²) in [6.07, 6.45) is 3.88. The molecule has 0 saturated heterocycles. The van der Waals surface area contributed by atoms with Gasteiger partial charge in [-0.2, -0.15) is 0 Å². The first-order valence-corrected chi connectivity index (χ1v) is 7.96.